The molecule has 150 valence electrons. The molecule has 0 fully saturated rings. The van der Waals surface area contributed by atoms with E-state index < -0.39 is 0 Å². The average Bonchev–Trinajstić information content (AvgIpc) is 2.78. The summed E-state index contributed by atoms with van der Waals surface area (Å²) in [4.78, 5) is 12.4. The van der Waals surface area contributed by atoms with Crippen molar-refractivity contribution < 1.29 is 4.79 Å². The molecule has 0 saturated carbocycles. The molecule has 0 spiro atoms. The van der Waals surface area contributed by atoms with Gasteiger partial charge in [0.05, 0.1) is 5.75 Å². The Hall–Kier alpha value is -3.18. The normalized spacial score (nSPS) is 11.0. The minimum atomic E-state index is -0.0599. The van der Waals surface area contributed by atoms with Crippen molar-refractivity contribution in [3.63, 3.8) is 0 Å². The van der Waals surface area contributed by atoms with Crippen LogP contribution in [0.4, 0.5) is 5.69 Å². The third kappa shape index (κ3) is 4.52. The van der Waals surface area contributed by atoms with E-state index >= 15 is 0 Å². The fraction of sp³-hybridized carbons (Fsp3) is 0.160. The first-order chi connectivity index (χ1) is 14.6. The van der Waals surface area contributed by atoms with Gasteiger partial charge < -0.3 is 5.32 Å². The first-order valence-corrected chi connectivity index (χ1v) is 10.9. The fourth-order valence-corrected chi connectivity index (χ4v) is 4.05. The summed E-state index contributed by atoms with van der Waals surface area (Å²) in [6.07, 6.45) is 0. The molecule has 4 aromatic rings. The first kappa shape index (κ1) is 20.1. The lowest BCUT2D eigenvalue weighted by Gasteiger charge is -2.10. The van der Waals surface area contributed by atoms with Gasteiger partial charge in [0.1, 0.15) is 10.7 Å². The van der Waals surface area contributed by atoms with Gasteiger partial charge in [0, 0.05) is 22.0 Å². The van der Waals surface area contributed by atoms with Gasteiger partial charge >= 0.3 is 0 Å². The van der Waals surface area contributed by atoms with E-state index in [1.165, 1.54) is 17.3 Å². The maximum absolute atomic E-state index is 12.4. The molecule has 0 aliphatic carbocycles. The molecule has 4 nitrogen and oxygen atoms in total. The van der Waals surface area contributed by atoms with E-state index in [2.05, 4.69) is 41.5 Å². The van der Waals surface area contributed by atoms with Crippen LogP contribution in [0.3, 0.4) is 0 Å². The maximum Gasteiger partial charge on any atom is 0.234 e. The van der Waals surface area contributed by atoms with Crippen LogP contribution in [-0.2, 0) is 4.79 Å². The molecule has 30 heavy (non-hydrogen) atoms. The van der Waals surface area contributed by atoms with Gasteiger partial charge in [0.15, 0.2) is 0 Å². The van der Waals surface area contributed by atoms with Crippen LogP contribution in [0.25, 0.3) is 22.0 Å². The zero-order valence-corrected chi connectivity index (χ0v) is 17.8. The van der Waals surface area contributed by atoms with E-state index in [0.29, 0.717) is 5.92 Å². The number of rotatable bonds is 6. The number of fused-ring (bicyclic) bond motifs is 1. The van der Waals surface area contributed by atoms with E-state index in [4.69, 9.17) is 0 Å². The molecule has 1 heterocycles. The van der Waals surface area contributed by atoms with Crippen LogP contribution in [0, 0.1) is 0 Å². The van der Waals surface area contributed by atoms with Crippen molar-refractivity contribution in [3.8, 4) is 11.3 Å². The standard InChI is InChI=1S/C25H23N3OS/c1-17(2)18-12-14-20(15-13-18)26-23(29)16-30-25-22-11-7-6-10-21(22)24(27-28-25)19-8-4-3-5-9-19/h3-15,17H,16H2,1-2H3,(H,26,29). The molecule has 1 N–H and O–H groups in total. The number of carbonyl (C=O) groups excluding carboxylic acids is 1. The van der Waals surface area contributed by atoms with Crippen LogP contribution >= 0.6 is 11.8 Å². The van der Waals surface area contributed by atoms with Crippen molar-refractivity contribution in [3.05, 3.63) is 84.4 Å². The van der Waals surface area contributed by atoms with Crippen molar-refractivity contribution in [2.75, 3.05) is 11.1 Å². The number of carbonyl (C=O) groups is 1. The molecule has 0 saturated heterocycles. The molecular formula is C25H23N3OS. The van der Waals surface area contributed by atoms with Crippen LogP contribution in [0.2, 0.25) is 0 Å². The summed E-state index contributed by atoms with van der Waals surface area (Å²) >= 11 is 1.40. The van der Waals surface area contributed by atoms with E-state index in [0.717, 1.165) is 32.7 Å². The monoisotopic (exact) mass is 413 g/mol. The number of hydrogen-bond donors (Lipinski definition) is 1. The zero-order valence-electron chi connectivity index (χ0n) is 17.0. The third-order valence-corrected chi connectivity index (χ3v) is 5.88. The Morgan fingerprint density at radius 2 is 1.53 bits per heavy atom. The summed E-state index contributed by atoms with van der Waals surface area (Å²) in [5.41, 5.74) is 3.94. The van der Waals surface area contributed by atoms with Crippen molar-refractivity contribution in [2.24, 2.45) is 0 Å². The summed E-state index contributed by atoms with van der Waals surface area (Å²) in [7, 11) is 0. The lowest BCUT2D eigenvalue weighted by Crippen LogP contribution is -2.14. The lowest BCUT2D eigenvalue weighted by atomic mass is 10.0. The average molecular weight is 414 g/mol. The Kier molecular flexibility index (Phi) is 6.10. The van der Waals surface area contributed by atoms with Gasteiger partial charge in [-0.05, 0) is 23.6 Å². The van der Waals surface area contributed by atoms with Gasteiger partial charge in [-0.3, -0.25) is 4.79 Å². The van der Waals surface area contributed by atoms with E-state index in [1.54, 1.807) is 0 Å². The van der Waals surface area contributed by atoms with Crippen LogP contribution in [0.1, 0.15) is 25.3 Å². The van der Waals surface area contributed by atoms with Crippen molar-refractivity contribution in [1.29, 1.82) is 0 Å². The lowest BCUT2D eigenvalue weighted by molar-refractivity contribution is -0.113. The number of benzene rings is 3. The highest BCUT2D eigenvalue weighted by molar-refractivity contribution is 8.00. The molecule has 0 aliphatic rings. The summed E-state index contributed by atoms with van der Waals surface area (Å²) in [5, 5.41) is 14.6. The summed E-state index contributed by atoms with van der Waals surface area (Å²) in [6.45, 7) is 4.30. The topological polar surface area (TPSA) is 54.9 Å². The summed E-state index contributed by atoms with van der Waals surface area (Å²) < 4.78 is 0. The van der Waals surface area contributed by atoms with Gasteiger partial charge in [0.2, 0.25) is 5.91 Å². The molecule has 0 aliphatic heterocycles. The van der Waals surface area contributed by atoms with Crippen molar-refractivity contribution >= 4 is 34.1 Å². The Morgan fingerprint density at radius 1 is 0.867 bits per heavy atom. The number of amides is 1. The molecule has 0 unspecified atom stereocenters. The second-order valence-corrected chi connectivity index (χ2v) is 8.34. The second-order valence-electron chi connectivity index (χ2n) is 7.38. The molecule has 3 aromatic carbocycles. The number of nitrogens with one attached hydrogen (secondary N) is 1. The minimum absolute atomic E-state index is 0.0599. The highest BCUT2D eigenvalue weighted by Crippen LogP contribution is 2.31. The summed E-state index contributed by atoms with van der Waals surface area (Å²) in [6, 6.07) is 26.1. The third-order valence-electron chi connectivity index (χ3n) is 4.90. The number of hydrogen-bond acceptors (Lipinski definition) is 4. The predicted molar refractivity (Wildman–Crippen MR) is 125 cm³/mol. The van der Waals surface area contributed by atoms with Gasteiger partial charge in [0.25, 0.3) is 0 Å². The molecule has 1 amide bonds. The first-order valence-electron chi connectivity index (χ1n) is 9.95. The Bertz CT molecular complexity index is 1160. The minimum Gasteiger partial charge on any atom is -0.325 e. The quantitative estimate of drug-likeness (QED) is 0.385. The molecule has 4 rings (SSSR count). The fourth-order valence-electron chi connectivity index (χ4n) is 3.28. The maximum atomic E-state index is 12.4. The number of aromatic nitrogens is 2. The van der Waals surface area contributed by atoms with Gasteiger partial charge in [-0.15, -0.1) is 10.2 Å². The van der Waals surface area contributed by atoms with Gasteiger partial charge in [-0.25, -0.2) is 0 Å². The Labute approximate surface area is 180 Å². The van der Waals surface area contributed by atoms with Crippen molar-refractivity contribution in [2.45, 2.75) is 24.8 Å². The van der Waals surface area contributed by atoms with E-state index in [1.807, 2.05) is 66.7 Å². The van der Waals surface area contributed by atoms with Gasteiger partial charge in [-0.1, -0.05) is 92.3 Å². The molecule has 0 atom stereocenters. The van der Waals surface area contributed by atoms with E-state index in [-0.39, 0.29) is 11.7 Å². The molecular weight excluding hydrogens is 390 g/mol. The predicted octanol–water partition coefficient (Wildman–Crippen LogP) is 6.15. The highest BCUT2D eigenvalue weighted by Gasteiger charge is 2.13. The molecule has 1 aromatic heterocycles. The van der Waals surface area contributed by atoms with Crippen LogP contribution < -0.4 is 5.32 Å². The summed E-state index contributed by atoms with van der Waals surface area (Å²) in [5.74, 6) is 0.682. The SMILES string of the molecule is CC(C)c1ccc(NC(=O)CSc2nnc(-c3ccccc3)c3ccccc23)cc1. The highest BCUT2D eigenvalue weighted by atomic mass is 32.2. The zero-order chi connectivity index (χ0) is 20.9. The van der Waals surface area contributed by atoms with Gasteiger partial charge in [-0.2, -0.15) is 0 Å². The molecule has 0 radical (unpaired) electrons. The number of nitrogens with zero attached hydrogens (tertiary/aromatic N) is 2. The molecule has 0 bridgehead atoms. The van der Waals surface area contributed by atoms with Crippen molar-refractivity contribution in [1.82, 2.24) is 10.2 Å². The van der Waals surface area contributed by atoms with E-state index in [9.17, 15) is 4.79 Å². The number of anilines is 1. The number of thioether (sulfide) groups is 1. The largest absolute Gasteiger partial charge is 0.325 e. The smallest absolute Gasteiger partial charge is 0.234 e. The Balaban J connectivity index is 1.50. The van der Waals surface area contributed by atoms with Crippen LogP contribution in [-0.4, -0.2) is 21.9 Å². The Morgan fingerprint density at radius 3 is 2.23 bits per heavy atom. The van der Waals surface area contributed by atoms with Crippen LogP contribution in [0.15, 0.2) is 83.9 Å². The second kappa shape index (κ2) is 9.09. The molecule has 5 heteroatoms. The van der Waals surface area contributed by atoms with Crippen LogP contribution in [0.5, 0.6) is 0 Å².